The average Bonchev–Trinajstić information content (AvgIpc) is 2.58. The largest absolute Gasteiger partial charge is 0.478 e. The van der Waals surface area contributed by atoms with Crippen LogP contribution in [0.25, 0.3) is 0 Å². The molecule has 0 bridgehead atoms. The average molecular weight is 349 g/mol. The molecule has 0 unspecified atom stereocenters. The predicted molar refractivity (Wildman–Crippen MR) is 102 cm³/mol. The molecular formula is C19H19N5O2. The van der Waals surface area contributed by atoms with Crippen molar-refractivity contribution in [2.45, 2.75) is 13.8 Å². The zero-order chi connectivity index (χ0) is 18.7. The Morgan fingerprint density at radius 1 is 0.923 bits per heavy atom. The molecule has 0 aliphatic carbocycles. The normalized spacial score (nSPS) is 10.4. The van der Waals surface area contributed by atoms with Gasteiger partial charge in [0.2, 0.25) is 0 Å². The third-order valence-electron chi connectivity index (χ3n) is 3.76. The van der Waals surface area contributed by atoms with E-state index in [2.05, 4.69) is 26.7 Å². The summed E-state index contributed by atoms with van der Waals surface area (Å²) in [6.45, 7) is 4.05. The smallest absolute Gasteiger partial charge is 0.335 e. The molecule has 1 heterocycles. The van der Waals surface area contributed by atoms with Gasteiger partial charge in [0, 0.05) is 11.4 Å². The van der Waals surface area contributed by atoms with Gasteiger partial charge in [-0.3, -0.25) is 0 Å². The number of aromatic carboxylic acids is 1. The van der Waals surface area contributed by atoms with E-state index in [0.717, 1.165) is 16.8 Å². The highest BCUT2D eigenvalue weighted by molar-refractivity contribution is 5.88. The van der Waals surface area contributed by atoms with Crippen LogP contribution in [0.4, 0.5) is 28.7 Å². The number of nitrogens with two attached hydrogens (primary N) is 1. The van der Waals surface area contributed by atoms with Gasteiger partial charge in [0.25, 0.3) is 0 Å². The lowest BCUT2D eigenvalue weighted by Gasteiger charge is -2.13. The van der Waals surface area contributed by atoms with Crippen molar-refractivity contribution in [3.63, 3.8) is 0 Å². The zero-order valence-electron chi connectivity index (χ0n) is 14.4. The van der Waals surface area contributed by atoms with Gasteiger partial charge < -0.3 is 21.5 Å². The van der Waals surface area contributed by atoms with E-state index in [1.165, 1.54) is 18.5 Å². The van der Waals surface area contributed by atoms with E-state index >= 15 is 0 Å². The third kappa shape index (κ3) is 3.89. The lowest BCUT2D eigenvalue weighted by Crippen LogP contribution is -2.05. The molecule has 1 aromatic heterocycles. The number of nitrogen functional groups attached to an aromatic ring is 1. The molecule has 0 fully saturated rings. The number of anilines is 5. The van der Waals surface area contributed by atoms with E-state index in [0.29, 0.717) is 23.0 Å². The number of carboxylic acids is 1. The number of carboxylic acid groups (broad SMARTS) is 1. The number of aryl methyl sites for hydroxylation is 2. The van der Waals surface area contributed by atoms with Gasteiger partial charge >= 0.3 is 5.97 Å². The fourth-order valence-electron chi connectivity index (χ4n) is 2.61. The predicted octanol–water partition coefficient (Wildman–Crippen LogP) is 3.86. The summed E-state index contributed by atoms with van der Waals surface area (Å²) < 4.78 is 0. The first-order valence-electron chi connectivity index (χ1n) is 7.98. The summed E-state index contributed by atoms with van der Waals surface area (Å²) in [4.78, 5) is 19.3. The van der Waals surface area contributed by atoms with E-state index in [1.54, 1.807) is 12.1 Å². The van der Waals surface area contributed by atoms with Crippen molar-refractivity contribution >= 4 is 34.7 Å². The Bertz CT molecular complexity index is 934. The van der Waals surface area contributed by atoms with Crippen molar-refractivity contribution in [3.8, 4) is 0 Å². The number of benzene rings is 2. The molecule has 7 nitrogen and oxygen atoms in total. The van der Waals surface area contributed by atoms with Crippen LogP contribution in [0.15, 0.2) is 48.8 Å². The Morgan fingerprint density at radius 2 is 1.46 bits per heavy atom. The first kappa shape index (κ1) is 17.2. The summed E-state index contributed by atoms with van der Waals surface area (Å²) >= 11 is 0. The SMILES string of the molecule is Cc1cc(C)cc(Nc2ncnc(Nc3ccc(C(=O)O)cc3)c2N)c1. The molecule has 5 N–H and O–H groups in total. The minimum Gasteiger partial charge on any atom is -0.478 e. The van der Waals surface area contributed by atoms with Crippen molar-refractivity contribution in [2.75, 3.05) is 16.4 Å². The van der Waals surface area contributed by atoms with Crippen LogP contribution in [0.2, 0.25) is 0 Å². The zero-order valence-corrected chi connectivity index (χ0v) is 14.4. The maximum Gasteiger partial charge on any atom is 0.335 e. The van der Waals surface area contributed by atoms with Crippen LogP contribution in [-0.2, 0) is 0 Å². The Hall–Kier alpha value is -3.61. The lowest BCUT2D eigenvalue weighted by molar-refractivity contribution is 0.0697. The van der Waals surface area contributed by atoms with E-state index < -0.39 is 5.97 Å². The van der Waals surface area contributed by atoms with E-state index in [-0.39, 0.29) is 5.56 Å². The molecule has 0 amide bonds. The standard InChI is InChI=1S/C19H19N5O2/c1-11-7-12(2)9-15(8-11)24-18-16(20)17(21-10-22-18)23-14-5-3-13(4-6-14)19(25)26/h3-10H,20H2,1-2H3,(H,25,26)(H2,21,22,23,24). The van der Waals surface area contributed by atoms with E-state index in [1.807, 2.05) is 26.0 Å². The van der Waals surface area contributed by atoms with Crippen molar-refractivity contribution in [1.82, 2.24) is 9.97 Å². The second-order valence-electron chi connectivity index (χ2n) is 5.99. The molecule has 0 radical (unpaired) electrons. The maximum absolute atomic E-state index is 10.9. The number of nitrogens with zero attached hydrogens (tertiary/aromatic N) is 2. The third-order valence-corrected chi connectivity index (χ3v) is 3.76. The summed E-state index contributed by atoms with van der Waals surface area (Å²) in [5.74, 6) is -0.0392. The molecule has 0 saturated heterocycles. The highest BCUT2D eigenvalue weighted by Gasteiger charge is 2.10. The Labute approximate surface area is 150 Å². The molecule has 2 aromatic carbocycles. The van der Waals surface area contributed by atoms with Crippen molar-refractivity contribution in [1.29, 1.82) is 0 Å². The number of hydrogen-bond acceptors (Lipinski definition) is 6. The van der Waals surface area contributed by atoms with Crippen LogP contribution in [-0.4, -0.2) is 21.0 Å². The van der Waals surface area contributed by atoms with Crippen molar-refractivity contribution in [2.24, 2.45) is 0 Å². The number of nitrogens with one attached hydrogen (secondary N) is 2. The van der Waals surface area contributed by atoms with Gasteiger partial charge in [-0.1, -0.05) is 6.07 Å². The second kappa shape index (κ2) is 7.10. The highest BCUT2D eigenvalue weighted by atomic mass is 16.4. The summed E-state index contributed by atoms with van der Waals surface area (Å²) in [6.07, 6.45) is 1.41. The van der Waals surface area contributed by atoms with Gasteiger partial charge in [-0.25, -0.2) is 14.8 Å². The molecule has 0 saturated carbocycles. The Kier molecular flexibility index (Phi) is 4.70. The number of aromatic nitrogens is 2. The highest BCUT2D eigenvalue weighted by Crippen LogP contribution is 2.28. The van der Waals surface area contributed by atoms with Crippen LogP contribution in [0, 0.1) is 13.8 Å². The molecule has 0 aliphatic heterocycles. The molecule has 0 spiro atoms. The quantitative estimate of drug-likeness (QED) is 0.553. The van der Waals surface area contributed by atoms with Crippen LogP contribution >= 0.6 is 0 Å². The summed E-state index contributed by atoms with van der Waals surface area (Å²) in [5, 5.41) is 15.2. The van der Waals surface area contributed by atoms with Crippen LogP contribution < -0.4 is 16.4 Å². The van der Waals surface area contributed by atoms with E-state index in [4.69, 9.17) is 10.8 Å². The molecule has 3 rings (SSSR count). The summed E-state index contributed by atoms with van der Waals surface area (Å²) in [7, 11) is 0. The lowest BCUT2D eigenvalue weighted by atomic mass is 10.1. The Morgan fingerprint density at radius 3 is 2.00 bits per heavy atom. The van der Waals surface area contributed by atoms with Gasteiger partial charge in [0.15, 0.2) is 11.6 Å². The van der Waals surface area contributed by atoms with Gasteiger partial charge in [0.05, 0.1) is 5.56 Å². The fourth-order valence-corrected chi connectivity index (χ4v) is 2.61. The van der Waals surface area contributed by atoms with Crippen molar-refractivity contribution < 1.29 is 9.90 Å². The second-order valence-corrected chi connectivity index (χ2v) is 5.99. The minimum atomic E-state index is -0.974. The topological polar surface area (TPSA) is 113 Å². The number of rotatable bonds is 5. The first-order valence-corrected chi connectivity index (χ1v) is 7.98. The van der Waals surface area contributed by atoms with Crippen LogP contribution in [0.5, 0.6) is 0 Å². The summed E-state index contributed by atoms with van der Waals surface area (Å²) in [6, 6.07) is 12.4. The number of carbonyl (C=O) groups is 1. The molecular weight excluding hydrogens is 330 g/mol. The molecule has 0 atom stereocenters. The van der Waals surface area contributed by atoms with Gasteiger partial charge in [0.1, 0.15) is 12.0 Å². The summed E-state index contributed by atoms with van der Waals surface area (Å²) in [5.41, 5.74) is 10.6. The molecule has 3 aromatic rings. The maximum atomic E-state index is 10.9. The van der Waals surface area contributed by atoms with Gasteiger partial charge in [-0.2, -0.15) is 0 Å². The van der Waals surface area contributed by atoms with Gasteiger partial charge in [-0.05, 0) is 61.4 Å². The first-order chi connectivity index (χ1) is 12.4. The minimum absolute atomic E-state index is 0.211. The molecule has 132 valence electrons. The molecule has 26 heavy (non-hydrogen) atoms. The van der Waals surface area contributed by atoms with Crippen LogP contribution in [0.3, 0.4) is 0 Å². The molecule has 0 aliphatic rings. The monoisotopic (exact) mass is 349 g/mol. The molecule has 7 heteroatoms. The fraction of sp³-hybridized carbons (Fsp3) is 0.105. The van der Waals surface area contributed by atoms with Crippen molar-refractivity contribution in [3.05, 3.63) is 65.5 Å². The van der Waals surface area contributed by atoms with Crippen LogP contribution in [0.1, 0.15) is 21.5 Å². The number of hydrogen-bond donors (Lipinski definition) is 4. The Balaban J connectivity index is 1.83. The van der Waals surface area contributed by atoms with E-state index in [9.17, 15) is 4.79 Å². The van der Waals surface area contributed by atoms with Gasteiger partial charge in [-0.15, -0.1) is 0 Å².